The van der Waals surface area contributed by atoms with Crippen LogP contribution in [0.25, 0.3) is 0 Å². The van der Waals surface area contributed by atoms with Crippen LogP contribution < -0.4 is 10.6 Å². The van der Waals surface area contributed by atoms with Crippen molar-refractivity contribution in [1.29, 1.82) is 0 Å². The molecule has 0 bridgehead atoms. The van der Waals surface area contributed by atoms with Crippen molar-refractivity contribution < 1.29 is 38.6 Å². The lowest BCUT2D eigenvalue weighted by molar-refractivity contribution is -0.149. The van der Waals surface area contributed by atoms with E-state index in [2.05, 4.69) is 24.5 Å². The van der Waals surface area contributed by atoms with Gasteiger partial charge in [-0.25, -0.2) is 4.79 Å². The first-order chi connectivity index (χ1) is 25.8. The van der Waals surface area contributed by atoms with E-state index in [1.165, 1.54) is 141 Å². The molecule has 0 saturated heterocycles. The average Bonchev–Trinajstić information content (AvgIpc) is 3.14. The Hall–Kier alpha value is -2.65. The number of hydrogen-bond donors (Lipinski definition) is 3. The Labute approximate surface area is 323 Å². The van der Waals surface area contributed by atoms with Crippen LogP contribution in [0, 0.1) is 0 Å². The highest BCUT2D eigenvalue weighted by molar-refractivity contribution is 5.88. The van der Waals surface area contributed by atoms with Crippen molar-refractivity contribution >= 4 is 29.7 Å². The third-order valence-corrected chi connectivity index (χ3v) is 9.78. The molecule has 0 aromatic rings. The molecule has 0 aromatic carbocycles. The molecule has 10 heteroatoms. The monoisotopic (exact) mass is 753 g/mol. The van der Waals surface area contributed by atoms with Gasteiger partial charge in [0.05, 0.1) is 13.2 Å². The van der Waals surface area contributed by atoms with Crippen LogP contribution in [0.1, 0.15) is 219 Å². The molecule has 0 aliphatic heterocycles. The Morgan fingerprint density at radius 2 is 0.830 bits per heavy atom. The Bertz CT molecular complexity index is 913. The van der Waals surface area contributed by atoms with E-state index in [0.29, 0.717) is 6.61 Å². The predicted molar refractivity (Wildman–Crippen MR) is 214 cm³/mol. The Kier molecular flexibility index (Phi) is 37.1. The van der Waals surface area contributed by atoms with E-state index in [-0.39, 0.29) is 32.3 Å². The van der Waals surface area contributed by atoms with Crippen LogP contribution in [0.2, 0.25) is 0 Å². The molecule has 10 nitrogen and oxygen atoms in total. The van der Waals surface area contributed by atoms with Crippen LogP contribution in [0.3, 0.4) is 0 Å². The van der Waals surface area contributed by atoms with Gasteiger partial charge >= 0.3 is 17.9 Å². The van der Waals surface area contributed by atoms with Crippen molar-refractivity contribution in [3.63, 3.8) is 0 Å². The SMILES string of the molecule is CCCCCCCCCCCCCCCCOC(=O)CC[C@H](NC(=O)CCC(=O)NCC(=O)O)C(=O)OCCCCCCCCCCCCCCCC. The fourth-order valence-electron chi connectivity index (χ4n) is 6.39. The molecule has 0 rings (SSSR count). The summed E-state index contributed by atoms with van der Waals surface area (Å²) in [6.07, 6.45) is 34.2. The quantitative estimate of drug-likeness (QED) is 0.0414. The van der Waals surface area contributed by atoms with Crippen LogP contribution in [0.5, 0.6) is 0 Å². The largest absolute Gasteiger partial charge is 0.480 e. The summed E-state index contributed by atoms with van der Waals surface area (Å²) < 4.78 is 10.9. The summed E-state index contributed by atoms with van der Waals surface area (Å²) in [5, 5.41) is 13.5. The van der Waals surface area contributed by atoms with E-state index in [9.17, 15) is 24.0 Å². The number of rotatable bonds is 40. The smallest absolute Gasteiger partial charge is 0.328 e. The number of amides is 2. The molecule has 310 valence electrons. The molecule has 0 aliphatic rings. The zero-order chi connectivity index (χ0) is 39.0. The van der Waals surface area contributed by atoms with Gasteiger partial charge in [0.15, 0.2) is 0 Å². The summed E-state index contributed by atoms with van der Waals surface area (Å²) in [4.78, 5) is 60.4. The van der Waals surface area contributed by atoms with Crippen LogP contribution >= 0.6 is 0 Å². The number of carboxylic acids is 1. The highest BCUT2D eigenvalue weighted by Gasteiger charge is 2.24. The highest BCUT2D eigenvalue weighted by atomic mass is 16.5. The van der Waals surface area contributed by atoms with E-state index >= 15 is 0 Å². The maximum absolute atomic E-state index is 12.9. The second kappa shape index (κ2) is 39.1. The predicted octanol–water partition coefficient (Wildman–Crippen LogP) is 10.3. The minimum atomic E-state index is -1.18. The minimum absolute atomic E-state index is 0.0338. The average molecular weight is 753 g/mol. The van der Waals surface area contributed by atoms with Gasteiger partial charge in [-0.05, 0) is 19.3 Å². The number of nitrogens with one attached hydrogen (secondary N) is 2. The lowest BCUT2D eigenvalue weighted by Gasteiger charge is -2.17. The summed E-state index contributed by atoms with van der Waals surface area (Å²) in [5.74, 6) is -3.34. The number of hydrogen-bond acceptors (Lipinski definition) is 7. The summed E-state index contributed by atoms with van der Waals surface area (Å²) in [5.41, 5.74) is 0. The van der Waals surface area contributed by atoms with E-state index in [1.54, 1.807) is 0 Å². The maximum Gasteiger partial charge on any atom is 0.328 e. The Morgan fingerprint density at radius 1 is 0.472 bits per heavy atom. The van der Waals surface area contributed by atoms with Gasteiger partial charge < -0.3 is 25.2 Å². The number of esters is 2. The molecule has 0 spiro atoms. The van der Waals surface area contributed by atoms with Gasteiger partial charge in [-0.3, -0.25) is 19.2 Å². The summed E-state index contributed by atoms with van der Waals surface area (Å²) in [7, 11) is 0. The summed E-state index contributed by atoms with van der Waals surface area (Å²) in [6.45, 7) is 4.54. The number of aliphatic carboxylic acids is 1. The standard InChI is InChI=1S/C43H80N2O8/c1-3-5-7-9-11-13-15-17-19-21-23-25-27-29-35-52-42(50)34-31-38(45-40(47)33-32-39(46)44-37-41(48)49)43(51)53-36-30-28-26-24-22-20-18-16-14-12-10-8-6-4-2/h38H,3-37H2,1-2H3,(H,44,46)(H,45,47)(H,48,49)/t38-/m0/s1. The first kappa shape index (κ1) is 50.4. The van der Waals surface area contributed by atoms with Crippen molar-refractivity contribution in [2.45, 2.75) is 225 Å². The molecular formula is C43H80N2O8. The molecule has 2 amide bonds. The van der Waals surface area contributed by atoms with E-state index < -0.39 is 42.3 Å². The minimum Gasteiger partial charge on any atom is -0.480 e. The van der Waals surface area contributed by atoms with Crippen molar-refractivity contribution in [2.75, 3.05) is 19.8 Å². The lowest BCUT2D eigenvalue weighted by Crippen LogP contribution is -2.42. The van der Waals surface area contributed by atoms with E-state index in [4.69, 9.17) is 14.6 Å². The molecule has 0 radical (unpaired) electrons. The number of carbonyl (C=O) groups is 5. The zero-order valence-corrected chi connectivity index (χ0v) is 34.1. The van der Waals surface area contributed by atoms with Crippen molar-refractivity contribution in [2.24, 2.45) is 0 Å². The second-order valence-electron chi connectivity index (χ2n) is 14.9. The van der Waals surface area contributed by atoms with Crippen molar-refractivity contribution in [3.05, 3.63) is 0 Å². The van der Waals surface area contributed by atoms with Gasteiger partial charge in [0, 0.05) is 19.3 Å². The first-order valence-corrected chi connectivity index (χ1v) is 21.9. The van der Waals surface area contributed by atoms with E-state index in [0.717, 1.165) is 38.5 Å². The fourth-order valence-corrected chi connectivity index (χ4v) is 6.39. The number of carbonyl (C=O) groups excluding carboxylic acids is 4. The molecule has 0 aliphatic carbocycles. The summed E-state index contributed by atoms with van der Waals surface area (Å²) in [6, 6.07) is -1.04. The van der Waals surface area contributed by atoms with Crippen LogP contribution in [0.15, 0.2) is 0 Å². The van der Waals surface area contributed by atoms with Crippen molar-refractivity contribution in [1.82, 2.24) is 10.6 Å². The van der Waals surface area contributed by atoms with Gasteiger partial charge in [0.25, 0.3) is 0 Å². The third-order valence-electron chi connectivity index (χ3n) is 9.78. The molecular weight excluding hydrogens is 672 g/mol. The Morgan fingerprint density at radius 3 is 1.23 bits per heavy atom. The molecule has 3 N–H and O–H groups in total. The zero-order valence-electron chi connectivity index (χ0n) is 34.1. The number of ether oxygens (including phenoxy) is 2. The van der Waals surface area contributed by atoms with Crippen molar-refractivity contribution in [3.8, 4) is 0 Å². The van der Waals surface area contributed by atoms with Gasteiger partial charge in [-0.15, -0.1) is 0 Å². The van der Waals surface area contributed by atoms with Crippen LogP contribution in [0.4, 0.5) is 0 Å². The normalized spacial score (nSPS) is 11.6. The molecule has 0 saturated carbocycles. The second-order valence-corrected chi connectivity index (χ2v) is 14.9. The number of carboxylic acid groups (broad SMARTS) is 1. The maximum atomic E-state index is 12.9. The lowest BCUT2D eigenvalue weighted by atomic mass is 10.0. The Balaban J connectivity index is 4.29. The topological polar surface area (TPSA) is 148 Å². The molecule has 1 atom stereocenters. The van der Waals surface area contributed by atoms with Crippen LogP contribution in [-0.2, 0) is 33.4 Å². The molecule has 53 heavy (non-hydrogen) atoms. The van der Waals surface area contributed by atoms with Gasteiger partial charge in [-0.2, -0.15) is 0 Å². The van der Waals surface area contributed by atoms with Gasteiger partial charge in [0.2, 0.25) is 11.8 Å². The number of unbranched alkanes of at least 4 members (excludes halogenated alkanes) is 26. The third kappa shape index (κ3) is 37.5. The van der Waals surface area contributed by atoms with E-state index in [1.807, 2.05) is 0 Å². The molecule has 0 unspecified atom stereocenters. The summed E-state index contributed by atoms with van der Waals surface area (Å²) >= 11 is 0. The van der Waals surface area contributed by atoms with Crippen LogP contribution in [-0.4, -0.2) is 60.6 Å². The molecule has 0 aromatic heterocycles. The van der Waals surface area contributed by atoms with Gasteiger partial charge in [-0.1, -0.05) is 181 Å². The fraction of sp³-hybridized carbons (Fsp3) is 0.884. The highest BCUT2D eigenvalue weighted by Crippen LogP contribution is 2.15. The molecule has 0 heterocycles. The van der Waals surface area contributed by atoms with Gasteiger partial charge in [0.1, 0.15) is 12.6 Å². The first-order valence-electron chi connectivity index (χ1n) is 21.9. The molecule has 0 fully saturated rings.